The maximum absolute atomic E-state index is 12.5. The van der Waals surface area contributed by atoms with E-state index < -0.39 is 0 Å². The number of thioether (sulfide) groups is 1. The van der Waals surface area contributed by atoms with Crippen LogP contribution in [-0.4, -0.2) is 11.2 Å². The van der Waals surface area contributed by atoms with Crippen LogP contribution in [0.4, 0.5) is 0 Å². The van der Waals surface area contributed by atoms with Crippen molar-refractivity contribution in [2.45, 2.75) is 55.8 Å². The minimum Gasteiger partial charge on any atom is -0.460 e. The van der Waals surface area contributed by atoms with Crippen molar-refractivity contribution in [3.05, 3.63) is 65.2 Å². The van der Waals surface area contributed by atoms with Crippen LogP contribution in [0.5, 0.6) is 0 Å². The number of benzene rings is 2. The zero-order chi connectivity index (χ0) is 17.1. The molecule has 0 saturated heterocycles. The van der Waals surface area contributed by atoms with Crippen molar-refractivity contribution in [2.75, 3.05) is 0 Å². The van der Waals surface area contributed by atoms with Gasteiger partial charge in [-0.2, -0.15) is 0 Å². The quantitative estimate of drug-likeness (QED) is 0.670. The Morgan fingerprint density at radius 3 is 2.62 bits per heavy atom. The maximum Gasteiger partial charge on any atom is 0.313 e. The summed E-state index contributed by atoms with van der Waals surface area (Å²) in [6.07, 6.45) is 1.15. The molecule has 0 aliphatic carbocycles. The van der Waals surface area contributed by atoms with E-state index in [-0.39, 0.29) is 11.9 Å². The number of fused-ring (bicyclic) bond motifs is 1. The smallest absolute Gasteiger partial charge is 0.313 e. The van der Waals surface area contributed by atoms with Crippen molar-refractivity contribution in [3.63, 3.8) is 0 Å². The largest absolute Gasteiger partial charge is 0.460 e. The van der Waals surface area contributed by atoms with Crippen molar-refractivity contribution in [2.24, 2.45) is 0 Å². The molecule has 3 atom stereocenters. The van der Waals surface area contributed by atoms with E-state index in [1.165, 1.54) is 10.5 Å². The highest BCUT2D eigenvalue weighted by Crippen LogP contribution is 2.49. The van der Waals surface area contributed by atoms with Gasteiger partial charge >= 0.3 is 5.97 Å². The van der Waals surface area contributed by atoms with Crippen LogP contribution in [0.2, 0.25) is 0 Å². The summed E-state index contributed by atoms with van der Waals surface area (Å²) in [6, 6.07) is 16.2. The molecule has 1 aliphatic rings. The topological polar surface area (TPSA) is 26.3 Å². The van der Waals surface area contributed by atoms with Gasteiger partial charge in [-0.05, 0) is 42.0 Å². The van der Waals surface area contributed by atoms with Crippen molar-refractivity contribution >= 4 is 17.7 Å². The Labute approximate surface area is 148 Å². The molecule has 0 aromatic heterocycles. The Kier molecular flexibility index (Phi) is 5.30. The first kappa shape index (κ1) is 17.1. The lowest BCUT2D eigenvalue weighted by molar-refractivity contribution is -0.146. The minimum absolute atomic E-state index is 0.149. The van der Waals surface area contributed by atoms with E-state index in [9.17, 15) is 4.79 Å². The zero-order valence-electron chi connectivity index (χ0n) is 14.5. The highest BCUT2D eigenvalue weighted by Gasteiger charge is 2.33. The molecule has 1 heterocycles. The van der Waals surface area contributed by atoms with Crippen molar-refractivity contribution in [1.82, 2.24) is 0 Å². The number of carbonyl (C=O) groups is 1. The Balaban J connectivity index is 1.75. The molecule has 3 heteroatoms. The van der Waals surface area contributed by atoms with Gasteiger partial charge < -0.3 is 4.74 Å². The average molecular weight is 340 g/mol. The lowest BCUT2D eigenvalue weighted by atomic mass is 9.87. The Hall–Kier alpha value is -1.74. The van der Waals surface area contributed by atoms with Crippen LogP contribution in [0.1, 0.15) is 55.7 Å². The van der Waals surface area contributed by atoms with Gasteiger partial charge in [0.05, 0.1) is 5.92 Å². The SMILES string of the molecule is CC[C@H]1Sc2cccc(C(C)C(=O)OCc3ccccc3)c2C1C. The third-order valence-corrected chi connectivity index (χ3v) is 6.49. The second-order valence-corrected chi connectivity index (χ2v) is 7.71. The number of carbonyl (C=O) groups excluding carboxylic acids is 1. The molecule has 3 rings (SSSR count). The van der Waals surface area contributed by atoms with Crippen LogP contribution in [0.15, 0.2) is 53.4 Å². The third-order valence-electron chi connectivity index (χ3n) is 4.84. The highest BCUT2D eigenvalue weighted by molar-refractivity contribution is 8.00. The fraction of sp³-hybridized carbons (Fsp3) is 0.381. The number of rotatable bonds is 5. The summed E-state index contributed by atoms with van der Waals surface area (Å²) in [7, 11) is 0. The lowest BCUT2D eigenvalue weighted by Crippen LogP contribution is -2.16. The van der Waals surface area contributed by atoms with E-state index in [2.05, 4.69) is 32.0 Å². The summed E-state index contributed by atoms with van der Waals surface area (Å²) in [5.74, 6) is 0.0993. The van der Waals surface area contributed by atoms with Gasteiger partial charge in [-0.1, -0.05) is 56.3 Å². The Morgan fingerprint density at radius 1 is 1.17 bits per heavy atom. The van der Waals surface area contributed by atoms with Gasteiger partial charge in [-0.25, -0.2) is 0 Å². The summed E-state index contributed by atoms with van der Waals surface area (Å²) in [4.78, 5) is 13.9. The molecular weight excluding hydrogens is 316 g/mol. The molecule has 0 saturated carbocycles. The zero-order valence-corrected chi connectivity index (χ0v) is 15.3. The second-order valence-electron chi connectivity index (χ2n) is 6.43. The molecular formula is C21H24O2S. The lowest BCUT2D eigenvalue weighted by Gasteiger charge is -2.19. The number of hydrogen-bond acceptors (Lipinski definition) is 3. The minimum atomic E-state index is -0.234. The average Bonchev–Trinajstić information content (AvgIpc) is 2.96. The molecule has 0 N–H and O–H groups in total. The van der Waals surface area contributed by atoms with Crippen LogP contribution in [-0.2, 0) is 16.1 Å². The van der Waals surface area contributed by atoms with Crippen molar-refractivity contribution in [3.8, 4) is 0 Å². The third kappa shape index (κ3) is 3.36. The highest BCUT2D eigenvalue weighted by atomic mass is 32.2. The molecule has 1 aliphatic heterocycles. The van der Waals surface area contributed by atoms with Gasteiger partial charge in [0.25, 0.3) is 0 Å². The predicted molar refractivity (Wildman–Crippen MR) is 99.4 cm³/mol. The first-order valence-corrected chi connectivity index (χ1v) is 9.49. The van der Waals surface area contributed by atoms with Gasteiger partial charge in [0.1, 0.15) is 6.61 Å². The summed E-state index contributed by atoms with van der Waals surface area (Å²) in [5.41, 5.74) is 3.49. The number of hydrogen-bond donors (Lipinski definition) is 0. The summed E-state index contributed by atoms with van der Waals surface area (Å²) in [6.45, 7) is 6.80. The summed E-state index contributed by atoms with van der Waals surface area (Å²) >= 11 is 1.95. The molecule has 2 unspecified atom stereocenters. The monoisotopic (exact) mass is 340 g/mol. The van der Waals surface area contributed by atoms with Crippen LogP contribution >= 0.6 is 11.8 Å². The van der Waals surface area contributed by atoms with Crippen molar-refractivity contribution in [1.29, 1.82) is 0 Å². The molecule has 0 radical (unpaired) electrons. The molecule has 126 valence electrons. The molecule has 2 aromatic rings. The number of esters is 1. The van der Waals surface area contributed by atoms with E-state index in [0.29, 0.717) is 17.8 Å². The molecule has 0 spiro atoms. The van der Waals surface area contributed by atoms with Crippen molar-refractivity contribution < 1.29 is 9.53 Å². The first-order valence-electron chi connectivity index (χ1n) is 8.61. The first-order chi connectivity index (χ1) is 11.6. The molecule has 0 fully saturated rings. The van der Waals surface area contributed by atoms with Gasteiger partial charge in [-0.3, -0.25) is 4.79 Å². The van der Waals surface area contributed by atoms with Gasteiger partial charge in [-0.15, -0.1) is 11.8 Å². The molecule has 0 bridgehead atoms. The van der Waals surface area contributed by atoms with Crippen LogP contribution in [0.3, 0.4) is 0 Å². The van der Waals surface area contributed by atoms with Gasteiger partial charge in [0.2, 0.25) is 0 Å². The van der Waals surface area contributed by atoms with E-state index in [0.717, 1.165) is 17.5 Å². The standard InChI is InChI=1S/C21H24O2S/c1-4-18-15(3)20-17(11-8-12-19(20)24-18)14(2)21(22)23-13-16-9-6-5-7-10-16/h5-12,14-15,18H,4,13H2,1-3H3/t14?,15?,18-/m1/s1. The fourth-order valence-electron chi connectivity index (χ4n) is 3.40. The van der Waals surface area contributed by atoms with E-state index >= 15 is 0 Å². The normalized spacial score (nSPS) is 20.5. The Bertz CT molecular complexity index is 711. The molecule has 2 nitrogen and oxygen atoms in total. The predicted octanol–water partition coefficient (Wildman–Crippen LogP) is 5.52. The summed E-state index contributed by atoms with van der Waals surface area (Å²) < 4.78 is 5.55. The summed E-state index contributed by atoms with van der Waals surface area (Å²) in [5, 5.41) is 0.605. The maximum atomic E-state index is 12.5. The van der Waals surface area contributed by atoms with E-state index in [4.69, 9.17) is 4.74 Å². The molecule has 2 aromatic carbocycles. The van der Waals surface area contributed by atoms with E-state index in [1.807, 2.05) is 49.0 Å². The molecule has 0 amide bonds. The fourth-order valence-corrected chi connectivity index (χ4v) is 4.82. The molecule has 24 heavy (non-hydrogen) atoms. The number of ether oxygens (including phenoxy) is 1. The Morgan fingerprint density at radius 2 is 1.92 bits per heavy atom. The van der Waals surface area contributed by atoms with Crippen LogP contribution in [0.25, 0.3) is 0 Å². The van der Waals surface area contributed by atoms with Gasteiger partial charge in [0.15, 0.2) is 0 Å². The van der Waals surface area contributed by atoms with Crippen LogP contribution in [0, 0.1) is 0 Å². The van der Waals surface area contributed by atoms with Crippen LogP contribution < -0.4 is 0 Å². The van der Waals surface area contributed by atoms with E-state index in [1.54, 1.807) is 0 Å². The second kappa shape index (κ2) is 7.43. The van der Waals surface area contributed by atoms with Gasteiger partial charge in [0, 0.05) is 10.1 Å².